The largest absolute Gasteiger partial charge is 0.342 e. The maximum atomic E-state index is 12.5. The first-order valence-electron chi connectivity index (χ1n) is 7.83. The first kappa shape index (κ1) is 16.3. The molecule has 0 bridgehead atoms. The molecule has 116 valence electrons. The molecule has 1 amide bonds. The molecule has 1 aromatic carbocycles. The fourth-order valence-electron chi connectivity index (χ4n) is 3.66. The number of hydrogen-bond donors (Lipinski definition) is 1. The molecule has 21 heavy (non-hydrogen) atoms. The standard InChI is InChI=1S/C17H24N2O.ClH/c18-16-7-6-15(12-16)17(20)19-10-8-14(9-11-19)13-4-2-1-3-5-13;/h1-5,14-16H,6-12,18H2;1H. The number of carbonyl (C=O) groups excluding carboxylic acids is 1. The topological polar surface area (TPSA) is 46.3 Å². The van der Waals surface area contributed by atoms with Gasteiger partial charge in [-0.2, -0.15) is 0 Å². The highest BCUT2D eigenvalue weighted by Gasteiger charge is 2.32. The van der Waals surface area contributed by atoms with E-state index in [1.807, 2.05) is 0 Å². The van der Waals surface area contributed by atoms with E-state index in [-0.39, 0.29) is 24.4 Å². The fourth-order valence-corrected chi connectivity index (χ4v) is 3.66. The van der Waals surface area contributed by atoms with Crippen molar-refractivity contribution in [1.29, 1.82) is 0 Å². The Morgan fingerprint density at radius 2 is 1.71 bits per heavy atom. The third kappa shape index (κ3) is 3.78. The predicted octanol–water partition coefficient (Wildman–Crippen LogP) is 2.94. The molecule has 1 saturated heterocycles. The highest BCUT2D eigenvalue weighted by Crippen LogP contribution is 2.31. The van der Waals surface area contributed by atoms with Gasteiger partial charge in [-0.05, 0) is 43.6 Å². The summed E-state index contributed by atoms with van der Waals surface area (Å²) in [5, 5.41) is 0. The number of amides is 1. The van der Waals surface area contributed by atoms with Crippen molar-refractivity contribution >= 4 is 18.3 Å². The summed E-state index contributed by atoms with van der Waals surface area (Å²) in [6.07, 6.45) is 5.07. The fraction of sp³-hybridized carbons (Fsp3) is 0.588. The number of nitrogens with two attached hydrogens (primary N) is 1. The molecule has 2 aliphatic rings. The van der Waals surface area contributed by atoms with Gasteiger partial charge in [-0.25, -0.2) is 0 Å². The van der Waals surface area contributed by atoms with E-state index in [1.165, 1.54) is 5.56 Å². The van der Waals surface area contributed by atoms with E-state index in [2.05, 4.69) is 35.2 Å². The number of nitrogens with zero attached hydrogens (tertiary/aromatic N) is 1. The summed E-state index contributed by atoms with van der Waals surface area (Å²) >= 11 is 0. The zero-order valence-corrected chi connectivity index (χ0v) is 13.2. The van der Waals surface area contributed by atoms with Crippen molar-refractivity contribution in [1.82, 2.24) is 4.90 Å². The average molecular weight is 309 g/mol. The normalized spacial score (nSPS) is 26.4. The molecule has 2 N–H and O–H groups in total. The SMILES string of the molecule is Cl.NC1CCC(C(=O)N2CCC(c3ccccc3)CC2)C1. The van der Waals surface area contributed by atoms with Crippen LogP contribution in [-0.4, -0.2) is 29.9 Å². The third-order valence-corrected chi connectivity index (χ3v) is 4.90. The van der Waals surface area contributed by atoms with Crippen LogP contribution in [0, 0.1) is 5.92 Å². The van der Waals surface area contributed by atoms with E-state index >= 15 is 0 Å². The minimum Gasteiger partial charge on any atom is -0.342 e. The van der Waals surface area contributed by atoms with E-state index < -0.39 is 0 Å². The van der Waals surface area contributed by atoms with Crippen LogP contribution in [-0.2, 0) is 4.79 Å². The van der Waals surface area contributed by atoms with Crippen LogP contribution in [0.3, 0.4) is 0 Å². The molecule has 1 aromatic rings. The Hall–Kier alpha value is -1.06. The molecule has 1 heterocycles. The molecule has 2 atom stereocenters. The van der Waals surface area contributed by atoms with Crippen LogP contribution < -0.4 is 5.73 Å². The van der Waals surface area contributed by atoms with Crippen LogP contribution in [0.2, 0.25) is 0 Å². The number of halogens is 1. The van der Waals surface area contributed by atoms with Gasteiger partial charge in [-0.15, -0.1) is 12.4 Å². The van der Waals surface area contributed by atoms with E-state index in [0.29, 0.717) is 11.8 Å². The van der Waals surface area contributed by atoms with Crippen LogP contribution in [0.1, 0.15) is 43.6 Å². The molecule has 3 rings (SSSR count). The summed E-state index contributed by atoms with van der Waals surface area (Å²) in [5.74, 6) is 1.16. The van der Waals surface area contributed by atoms with Crippen molar-refractivity contribution in [3.63, 3.8) is 0 Å². The molecule has 0 radical (unpaired) electrons. The highest BCUT2D eigenvalue weighted by atomic mass is 35.5. The number of carbonyl (C=O) groups is 1. The summed E-state index contributed by atoms with van der Waals surface area (Å²) < 4.78 is 0. The Labute approximate surface area is 133 Å². The van der Waals surface area contributed by atoms with Crippen molar-refractivity contribution in [2.24, 2.45) is 11.7 Å². The molecular formula is C17H25ClN2O. The van der Waals surface area contributed by atoms with Crippen molar-refractivity contribution in [3.8, 4) is 0 Å². The molecule has 1 saturated carbocycles. The van der Waals surface area contributed by atoms with Gasteiger partial charge in [-0.1, -0.05) is 30.3 Å². The maximum absolute atomic E-state index is 12.5. The van der Waals surface area contributed by atoms with Crippen molar-refractivity contribution < 1.29 is 4.79 Å². The molecular weight excluding hydrogens is 284 g/mol. The molecule has 2 unspecified atom stereocenters. The monoisotopic (exact) mass is 308 g/mol. The molecule has 4 heteroatoms. The van der Waals surface area contributed by atoms with Gasteiger partial charge in [0.15, 0.2) is 0 Å². The Bertz CT molecular complexity index is 457. The minimum atomic E-state index is 0. The van der Waals surface area contributed by atoms with Gasteiger partial charge in [0.05, 0.1) is 0 Å². The summed E-state index contributed by atoms with van der Waals surface area (Å²) in [7, 11) is 0. The number of hydrogen-bond acceptors (Lipinski definition) is 2. The Morgan fingerprint density at radius 1 is 1.05 bits per heavy atom. The molecule has 0 spiro atoms. The zero-order chi connectivity index (χ0) is 13.9. The second-order valence-corrected chi connectivity index (χ2v) is 6.28. The lowest BCUT2D eigenvalue weighted by molar-refractivity contribution is -0.136. The van der Waals surface area contributed by atoms with E-state index in [4.69, 9.17) is 5.73 Å². The quantitative estimate of drug-likeness (QED) is 0.913. The van der Waals surface area contributed by atoms with Gasteiger partial charge in [0.25, 0.3) is 0 Å². The zero-order valence-electron chi connectivity index (χ0n) is 12.4. The Kier molecular flexibility index (Phi) is 5.65. The lowest BCUT2D eigenvalue weighted by Crippen LogP contribution is -2.41. The van der Waals surface area contributed by atoms with Crippen LogP contribution in [0.5, 0.6) is 0 Å². The Morgan fingerprint density at radius 3 is 2.29 bits per heavy atom. The van der Waals surface area contributed by atoms with Crippen molar-refractivity contribution in [3.05, 3.63) is 35.9 Å². The smallest absolute Gasteiger partial charge is 0.225 e. The van der Waals surface area contributed by atoms with Gasteiger partial charge in [0.2, 0.25) is 5.91 Å². The lowest BCUT2D eigenvalue weighted by atomic mass is 9.89. The summed E-state index contributed by atoms with van der Waals surface area (Å²) in [4.78, 5) is 14.5. The number of rotatable bonds is 2. The third-order valence-electron chi connectivity index (χ3n) is 4.90. The minimum absolute atomic E-state index is 0. The van der Waals surface area contributed by atoms with Crippen molar-refractivity contribution in [2.45, 2.75) is 44.1 Å². The van der Waals surface area contributed by atoms with Crippen LogP contribution in [0.15, 0.2) is 30.3 Å². The molecule has 1 aliphatic heterocycles. The van der Waals surface area contributed by atoms with Crippen LogP contribution in [0.25, 0.3) is 0 Å². The Balaban J connectivity index is 0.00000161. The molecule has 1 aliphatic carbocycles. The summed E-state index contributed by atoms with van der Waals surface area (Å²) in [6.45, 7) is 1.81. The second kappa shape index (κ2) is 7.28. The first-order chi connectivity index (χ1) is 9.74. The van der Waals surface area contributed by atoms with Crippen LogP contribution in [0.4, 0.5) is 0 Å². The van der Waals surface area contributed by atoms with Gasteiger partial charge >= 0.3 is 0 Å². The predicted molar refractivity (Wildman–Crippen MR) is 87.6 cm³/mol. The maximum Gasteiger partial charge on any atom is 0.225 e. The second-order valence-electron chi connectivity index (χ2n) is 6.28. The molecule has 0 aromatic heterocycles. The number of piperidine rings is 1. The van der Waals surface area contributed by atoms with Crippen LogP contribution >= 0.6 is 12.4 Å². The average Bonchev–Trinajstić information content (AvgIpc) is 2.94. The van der Waals surface area contributed by atoms with Gasteiger partial charge in [-0.3, -0.25) is 4.79 Å². The van der Waals surface area contributed by atoms with Gasteiger partial charge in [0, 0.05) is 25.0 Å². The first-order valence-corrected chi connectivity index (χ1v) is 7.83. The van der Waals surface area contributed by atoms with E-state index in [9.17, 15) is 4.79 Å². The van der Waals surface area contributed by atoms with Gasteiger partial charge in [0.1, 0.15) is 0 Å². The van der Waals surface area contributed by atoms with Crippen molar-refractivity contribution in [2.75, 3.05) is 13.1 Å². The molecule has 3 nitrogen and oxygen atoms in total. The molecule has 2 fully saturated rings. The van der Waals surface area contributed by atoms with E-state index in [1.54, 1.807) is 0 Å². The van der Waals surface area contributed by atoms with E-state index in [0.717, 1.165) is 45.2 Å². The summed E-state index contributed by atoms with van der Waals surface area (Å²) in [6, 6.07) is 10.9. The number of likely N-dealkylation sites (tertiary alicyclic amines) is 1. The van der Waals surface area contributed by atoms with Gasteiger partial charge < -0.3 is 10.6 Å². The number of benzene rings is 1. The highest BCUT2D eigenvalue weighted by molar-refractivity contribution is 5.85. The lowest BCUT2D eigenvalue weighted by Gasteiger charge is -2.33. The summed E-state index contributed by atoms with van der Waals surface area (Å²) in [5.41, 5.74) is 7.34.